The van der Waals surface area contributed by atoms with Crippen molar-refractivity contribution in [1.82, 2.24) is 10.6 Å². The largest absolute Gasteiger partial charge is 0.471 e. The summed E-state index contributed by atoms with van der Waals surface area (Å²) in [5.41, 5.74) is -1.03. The molecule has 2 N–H and O–H groups in total. The Balaban J connectivity index is 2.31. The number of hydrogen-bond donors (Lipinski definition) is 2. The number of Topliss-reactive ketones (excluding diaryl/α,β-unsaturated/α-hetero) is 1. The van der Waals surface area contributed by atoms with Crippen molar-refractivity contribution >= 4 is 29.3 Å². The van der Waals surface area contributed by atoms with Gasteiger partial charge in [0.05, 0.1) is 4.92 Å². The van der Waals surface area contributed by atoms with Crippen LogP contribution >= 0.6 is 0 Å². The van der Waals surface area contributed by atoms with Crippen LogP contribution in [0.3, 0.4) is 0 Å². The minimum atomic E-state index is -5.27. The van der Waals surface area contributed by atoms with Crippen molar-refractivity contribution < 1.29 is 42.0 Å². The van der Waals surface area contributed by atoms with E-state index in [2.05, 4.69) is 11.9 Å². The van der Waals surface area contributed by atoms with Gasteiger partial charge in [0.25, 0.3) is 5.69 Å². The minimum absolute atomic E-state index is 0.0178. The second-order valence-electron chi connectivity index (χ2n) is 9.75. The smallest absolute Gasteiger partial charge is 0.458 e. The van der Waals surface area contributed by atoms with Crippen LogP contribution in [-0.2, 0) is 25.5 Å². The third kappa shape index (κ3) is 9.64. The number of nitrogens with zero attached hydrogens (tertiary/aromatic N) is 1. The fraction of sp³-hybridized carbons (Fsp3) is 0.333. The number of nitro benzene ring substituents is 1. The van der Waals surface area contributed by atoms with E-state index in [9.17, 15) is 42.5 Å². The van der Waals surface area contributed by atoms with Crippen LogP contribution in [0.25, 0.3) is 0 Å². The second-order valence-corrected chi connectivity index (χ2v) is 9.75. The molecule has 214 valence electrons. The van der Waals surface area contributed by atoms with Crippen molar-refractivity contribution in [3.63, 3.8) is 0 Å². The van der Waals surface area contributed by atoms with E-state index < -0.39 is 58.8 Å². The monoisotopic (exact) mass is 563 g/mol. The maximum Gasteiger partial charge on any atom is 0.471 e. The molecule has 40 heavy (non-hydrogen) atoms. The fourth-order valence-electron chi connectivity index (χ4n) is 3.42. The van der Waals surface area contributed by atoms with Gasteiger partial charge in [0.1, 0.15) is 17.7 Å². The number of ketones is 1. The van der Waals surface area contributed by atoms with Gasteiger partial charge in [-0.1, -0.05) is 36.9 Å². The van der Waals surface area contributed by atoms with E-state index in [4.69, 9.17) is 4.74 Å². The van der Waals surface area contributed by atoms with E-state index in [1.807, 2.05) is 0 Å². The number of alkyl halides is 3. The minimum Gasteiger partial charge on any atom is -0.458 e. The molecule has 13 heteroatoms. The van der Waals surface area contributed by atoms with Crippen molar-refractivity contribution in [1.29, 1.82) is 0 Å². The quantitative estimate of drug-likeness (QED) is 0.139. The molecular formula is C27H28F3N3O7. The molecular weight excluding hydrogens is 535 g/mol. The molecule has 2 atom stereocenters. The summed E-state index contributed by atoms with van der Waals surface area (Å²) in [5.74, 6) is -5.17. The van der Waals surface area contributed by atoms with Gasteiger partial charge in [0, 0.05) is 30.5 Å². The SMILES string of the molecule is C=C(C[C@@H](NC(=O)[C@H](Cc1ccccc1)NC(=O)C(F)(F)F)C(=O)OC(C)(C)C)C(=O)c1ccc([N+](=O)[O-])cc1. The van der Waals surface area contributed by atoms with Crippen molar-refractivity contribution in [2.45, 2.75) is 57.5 Å². The number of rotatable bonds is 11. The molecule has 0 saturated carbocycles. The van der Waals surface area contributed by atoms with Crippen LogP contribution in [0, 0.1) is 10.1 Å². The fourth-order valence-corrected chi connectivity index (χ4v) is 3.42. The molecule has 0 bridgehead atoms. The average molecular weight is 564 g/mol. The molecule has 0 unspecified atom stereocenters. The van der Waals surface area contributed by atoms with Gasteiger partial charge in [-0.2, -0.15) is 13.2 Å². The number of amides is 2. The molecule has 0 heterocycles. The molecule has 0 radical (unpaired) electrons. The van der Waals surface area contributed by atoms with Gasteiger partial charge < -0.3 is 15.4 Å². The third-order valence-electron chi connectivity index (χ3n) is 5.28. The Labute approximate surface area is 227 Å². The van der Waals surface area contributed by atoms with Crippen LogP contribution in [0.5, 0.6) is 0 Å². The summed E-state index contributed by atoms with van der Waals surface area (Å²) in [5, 5.41) is 14.8. The molecule has 10 nitrogen and oxygen atoms in total. The number of nitrogens with one attached hydrogen (secondary N) is 2. The number of nitro groups is 1. The highest BCUT2D eigenvalue weighted by molar-refractivity contribution is 6.09. The van der Waals surface area contributed by atoms with E-state index >= 15 is 0 Å². The van der Waals surface area contributed by atoms with Gasteiger partial charge >= 0.3 is 18.1 Å². The molecule has 0 aromatic heterocycles. The Kier molecular flexibility index (Phi) is 10.3. The van der Waals surface area contributed by atoms with E-state index in [0.717, 1.165) is 12.1 Å². The zero-order valence-electron chi connectivity index (χ0n) is 21.9. The highest BCUT2D eigenvalue weighted by Crippen LogP contribution is 2.19. The lowest BCUT2D eigenvalue weighted by molar-refractivity contribution is -0.384. The van der Waals surface area contributed by atoms with Gasteiger partial charge in [0.2, 0.25) is 5.91 Å². The van der Waals surface area contributed by atoms with Gasteiger partial charge in [0.15, 0.2) is 5.78 Å². The van der Waals surface area contributed by atoms with Gasteiger partial charge in [-0.25, -0.2) is 4.79 Å². The molecule has 0 aliphatic rings. The zero-order valence-corrected chi connectivity index (χ0v) is 21.9. The Morgan fingerprint density at radius 3 is 2.02 bits per heavy atom. The predicted molar refractivity (Wildman–Crippen MR) is 137 cm³/mol. The van der Waals surface area contributed by atoms with Crippen LogP contribution in [-0.4, -0.2) is 52.4 Å². The van der Waals surface area contributed by atoms with Crippen molar-refractivity contribution in [2.24, 2.45) is 0 Å². The number of carbonyl (C=O) groups excluding carboxylic acids is 4. The summed E-state index contributed by atoms with van der Waals surface area (Å²) in [7, 11) is 0. The number of hydrogen-bond acceptors (Lipinski definition) is 7. The van der Waals surface area contributed by atoms with E-state index in [-0.39, 0.29) is 23.2 Å². The van der Waals surface area contributed by atoms with Crippen molar-refractivity contribution in [3.05, 3.63) is 88.0 Å². The Morgan fingerprint density at radius 1 is 0.950 bits per heavy atom. The highest BCUT2D eigenvalue weighted by Gasteiger charge is 2.41. The van der Waals surface area contributed by atoms with E-state index in [0.29, 0.717) is 5.56 Å². The average Bonchev–Trinajstić information content (AvgIpc) is 2.86. The lowest BCUT2D eigenvalue weighted by Crippen LogP contribution is -2.55. The number of ether oxygens (including phenoxy) is 1. The molecule has 0 fully saturated rings. The first-order valence-electron chi connectivity index (χ1n) is 11.9. The van der Waals surface area contributed by atoms with Crippen molar-refractivity contribution in [2.75, 3.05) is 0 Å². The number of carbonyl (C=O) groups is 4. The summed E-state index contributed by atoms with van der Waals surface area (Å²) in [6.45, 7) is 8.28. The molecule has 0 saturated heterocycles. The highest BCUT2D eigenvalue weighted by atomic mass is 19.4. The molecule has 0 aliphatic heterocycles. The Morgan fingerprint density at radius 2 is 1.52 bits per heavy atom. The van der Waals surface area contributed by atoms with Crippen LogP contribution < -0.4 is 10.6 Å². The Hall–Kier alpha value is -4.55. The molecule has 2 amide bonds. The Bertz CT molecular complexity index is 1270. The summed E-state index contributed by atoms with van der Waals surface area (Å²) < 4.78 is 44.2. The number of esters is 1. The normalized spacial score (nSPS) is 12.9. The van der Waals surface area contributed by atoms with Crippen LogP contribution in [0.15, 0.2) is 66.7 Å². The number of benzene rings is 2. The predicted octanol–water partition coefficient (Wildman–Crippen LogP) is 3.84. The molecule has 2 aromatic rings. The molecule has 2 rings (SSSR count). The van der Waals surface area contributed by atoms with E-state index in [1.165, 1.54) is 24.3 Å². The topological polar surface area (TPSA) is 145 Å². The lowest BCUT2D eigenvalue weighted by atomic mass is 9.97. The zero-order chi connectivity index (χ0) is 30.3. The van der Waals surface area contributed by atoms with Gasteiger partial charge in [-0.3, -0.25) is 24.5 Å². The number of halogens is 3. The molecule has 0 spiro atoms. The maximum atomic E-state index is 13.1. The second kappa shape index (κ2) is 13.0. The standard InChI is InChI=1S/C27H28F3N3O7/c1-16(22(34)18-10-12-19(13-11-18)33(38)39)14-21(24(36)40-26(2,3)4)31-23(35)20(32-25(37)27(28,29)30)15-17-8-6-5-7-9-17/h5-13,20-21H,1,14-15H2,2-4H3,(H,31,35)(H,32,37)/t20-,21+/m0/s1. The lowest BCUT2D eigenvalue weighted by Gasteiger charge is -2.27. The summed E-state index contributed by atoms with van der Waals surface area (Å²) in [6.07, 6.45) is -6.11. The van der Waals surface area contributed by atoms with Gasteiger partial charge in [-0.05, 0) is 44.0 Å². The van der Waals surface area contributed by atoms with Crippen molar-refractivity contribution in [3.8, 4) is 0 Å². The summed E-state index contributed by atoms with van der Waals surface area (Å²) in [6, 6.07) is 9.19. The first-order valence-corrected chi connectivity index (χ1v) is 11.9. The van der Waals surface area contributed by atoms with Crippen LogP contribution in [0.1, 0.15) is 43.1 Å². The maximum absolute atomic E-state index is 13.1. The van der Waals surface area contributed by atoms with E-state index in [1.54, 1.807) is 44.3 Å². The van der Waals surface area contributed by atoms with Gasteiger partial charge in [-0.15, -0.1) is 0 Å². The van der Waals surface area contributed by atoms with Crippen LogP contribution in [0.4, 0.5) is 18.9 Å². The third-order valence-corrected chi connectivity index (χ3v) is 5.28. The summed E-state index contributed by atoms with van der Waals surface area (Å²) >= 11 is 0. The number of non-ortho nitro benzene ring substituents is 1. The first kappa shape index (κ1) is 31.7. The molecule has 2 aromatic carbocycles. The first-order chi connectivity index (χ1) is 18.5. The van der Waals surface area contributed by atoms with Crippen LogP contribution in [0.2, 0.25) is 0 Å². The molecule has 0 aliphatic carbocycles. The summed E-state index contributed by atoms with van der Waals surface area (Å²) in [4.78, 5) is 60.8.